The Morgan fingerprint density at radius 2 is 1.91 bits per heavy atom. The van der Waals surface area contributed by atoms with Gasteiger partial charge in [-0.15, -0.1) is 0 Å². The number of ether oxygens (including phenoxy) is 1. The van der Waals surface area contributed by atoms with Crippen LogP contribution in [0.1, 0.15) is 17.5 Å². The molecule has 0 fully saturated rings. The number of likely N-dealkylation sites (N-methyl/N-ethyl adjacent to an activating group) is 1. The van der Waals surface area contributed by atoms with Crippen LogP contribution in [0.2, 0.25) is 0 Å². The second-order valence-electron chi connectivity index (χ2n) is 7.71. The number of rotatable bonds is 9. The number of nitrogens with one attached hydrogen (secondary N) is 2. The van der Waals surface area contributed by atoms with Gasteiger partial charge in [0, 0.05) is 36.4 Å². The lowest BCUT2D eigenvalue weighted by Gasteiger charge is -2.16. The van der Waals surface area contributed by atoms with Crippen LogP contribution in [0.25, 0.3) is 11.1 Å². The van der Waals surface area contributed by atoms with Crippen molar-refractivity contribution >= 4 is 11.6 Å². The minimum atomic E-state index is -4.41. The average Bonchev–Trinajstić information content (AvgIpc) is 3.28. The number of benzene rings is 2. The highest BCUT2D eigenvalue weighted by Gasteiger charge is 2.29. The van der Waals surface area contributed by atoms with Crippen LogP contribution in [0.5, 0.6) is 5.75 Å². The van der Waals surface area contributed by atoms with Crippen LogP contribution >= 0.6 is 0 Å². The maximum Gasteiger partial charge on any atom is 0.416 e. The van der Waals surface area contributed by atoms with E-state index in [0.29, 0.717) is 30.0 Å². The largest absolute Gasteiger partial charge is 0.490 e. The number of hydrogen-bond acceptors (Lipinski definition) is 4. The van der Waals surface area contributed by atoms with Crippen LogP contribution in [0, 0.1) is 5.82 Å². The van der Waals surface area contributed by atoms with Gasteiger partial charge in [-0.25, -0.2) is 4.39 Å². The molecule has 0 aliphatic heterocycles. The van der Waals surface area contributed by atoms with Gasteiger partial charge in [0.25, 0.3) is 0 Å². The Hall–Kier alpha value is -3.40. The molecule has 2 N–H and O–H groups in total. The number of alkyl halides is 3. The fourth-order valence-electron chi connectivity index (χ4n) is 3.06. The molecule has 3 aromatic rings. The SMILES string of the molecule is CN(C)CCOc1cc(-c2cn[nH]c2)c(F)cc1NC(=O)CCc1ccc(C(F)(F)F)cc1. The zero-order chi connectivity index (χ0) is 24.0. The zero-order valence-corrected chi connectivity index (χ0v) is 18.2. The first-order valence-corrected chi connectivity index (χ1v) is 10.2. The summed E-state index contributed by atoms with van der Waals surface area (Å²) in [7, 11) is 3.77. The maximum absolute atomic E-state index is 14.7. The number of aryl methyl sites for hydroxylation is 1. The van der Waals surface area contributed by atoms with Gasteiger partial charge >= 0.3 is 6.18 Å². The van der Waals surface area contributed by atoms with Gasteiger partial charge in [0.15, 0.2) is 0 Å². The first-order chi connectivity index (χ1) is 15.6. The Labute approximate surface area is 188 Å². The van der Waals surface area contributed by atoms with Crippen LogP contribution in [-0.2, 0) is 17.4 Å². The van der Waals surface area contributed by atoms with E-state index in [1.807, 2.05) is 19.0 Å². The Morgan fingerprint density at radius 3 is 2.52 bits per heavy atom. The second kappa shape index (κ2) is 10.5. The van der Waals surface area contributed by atoms with Crippen molar-refractivity contribution in [2.45, 2.75) is 19.0 Å². The molecular formula is C23H24F4N4O2. The van der Waals surface area contributed by atoms with Crippen molar-refractivity contribution in [1.29, 1.82) is 0 Å². The molecule has 1 aromatic heterocycles. The summed E-state index contributed by atoms with van der Waals surface area (Å²) in [6.45, 7) is 0.928. The van der Waals surface area contributed by atoms with Crippen LogP contribution in [0.3, 0.4) is 0 Å². The van der Waals surface area contributed by atoms with Crippen molar-refractivity contribution in [3.63, 3.8) is 0 Å². The molecule has 0 aliphatic carbocycles. The third kappa shape index (κ3) is 6.79. The van der Waals surface area contributed by atoms with E-state index in [2.05, 4.69) is 15.5 Å². The molecule has 0 radical (unpaired) electrons. The monoisotopic (exact) mass is 464 g/mol. The fraction of sp³-hybridized carbons (Fsp3) is 0.304. The number of amides is 1. The molecule has 0 saturated heterocycles. The van der Waals surface area contributed by atoms with E-state index in [4.69, 9.17) is 4.74 Å². The molecule has 176 valence electrons. The maximum atomic E-state index is 14.7. The molecule has 0 atom stereocenters. The van der Waals surface area contributed by atoms with Gasteiger partial charge in [-0.1, -0.05) is 12.1 Å². The number of halogens is 4. The molecule has 0 aliphatic rings. The van der Waals surface area contributed by atoms with Crippen molar-refractivity contribution in [3.8, 4) is 16.9 Å². The first-order valence-electron chi connectivity index (χ1n) is 10.2. The molecule has 3 rings (SSSR count). The van der Waals surface area contributed by atoms with Crippen molar-refractivity contribution in [2.24, 2.45) is 0 Å². The summed E-state index contributed by atoms with van der Waals surface area (Å²) in [6, 6.07) is 7.32. The summed E-state index contributed by atoms with van der Waals surface area (Å²) >= 11 is 0. The number of carbonyl (C=O) groups is 1. The highest BCUT2D eigenvalue weighted by Crippen LogP contribution is 2.34. The summed E-state index contributed by atoms with van der Waals surface area (Å²) in [6.07, 6.45) is -1.15. The van der Waals surface area contributed by atoms with Gasteiger partial charge in [-0.05, 0) is 44.3 Å². The third-order valence-corrected chi connectivity index (χ3v) is 4.87. The van der Waals surface area contributed by atoms with Crippen molar-refractivity contribution in [3.05, 3.63) is 65.7 Å². The van der Waals surface area contributed by atoms with E-state index in [0.717, 1.165) is 12.1 Å². The van der Waals surface area contributed by atoms with E-state index < -0.39 is 23.5 Å². The molecule has 0 spiro atoms. The highest BCUT2D eigenvalue weighted by atomic mass is 19.4. The fourth-order valence-corrected chi connectivity index (χ4v) is 3.06. The Bertz CT molecular complexity index is 1070. The van der Waals surface area contributed by atoms with Crippen molar-refractivity contribution < 1.29 is 27.1 Å². The lowest BCUT2D eigenvalue weighted by atomic mass is 10.1. The van der Waals surface area contributed by atoms with Gasteiger partial charge in [0.1, 0.15) is 18.2 Å². The average molecular weight is 464 g/mol. The summed E-state index contributed by atoms with van der Waals surface area (Å²) in [5, 5.41) is 9.10. The first kappa shape index (κ1) is 24.2. The standard InChI is InChI=1S/C23H24F4N4O2/c1-31(2)9-10-33-21-11-18(16-13-28-29-14-16)19(24)12-20(21)30-22(32)8-5-15-3-6-17(7-4-15)23(25,26)27/h3-4,6-7,11-14H,5,8-10H2,1-2H3,(H,28,29)(H,30,32). The number of carbonyl (C=O) groups excluding carboxylic acids is 1. The van der Waals surface area contributed by atoms with Gasteiger partial charge < -0.3 is 15.0 Å². The number of nitrogens with zero attached hydrogens (tertiary/aromatic N) is 2. The predicted octanol–water partition coefficient (Wildman–Crippen LogP) is 4.75. The molecule has 0 bridgehead atoms. The van der Waals surface area contributed by atoms with Crippen LogP contribution in [0.15, 0.2) is 48.8 Å². The van der Waals surface area contributed by atoms with Gasteiger partial charge in [-0.3, -0.25) is 9.89 Å². The molecule has 0 saturated carbocycles. The van der Waals surface area contributed by atoms with E-state index in [1.54, 1.807) is 6.20 Å². The Kier molecular flexibility index (Phi) is 7.70. The summed E-state index contributed by atoms with van der Waals surface area (Å²) in [5.41, 5.74) is 0.818. The lowest BCUT2D eigenvalue weighted by Crippen LogP contribution is -2.20. The molecule has 2 aromatic carbocycles. The number of anilines is 1. The second-order valence-corrected chi connectivity index (χ2v) is 7.71. The molecule has 1 amide bonds. The molecular weight excluding hydrogens is 440 g/mol. The molecule has 1 heterocycles. The minimum absolute atomic E-state index is 0.00754. The topological polar surface area (TPSA) is 70.2 Å². The number of aromatic nitrogens is 2. The van der Waals surface area contributed by atoms with Gasteiger partial charge in [0.05, 0.1) is 17.4 Å². The quantitative estimate of drug-likeness (QED) is 0.449. The minimum Gasteiger partial charge on any atom is -0.490 e. The number of hydrogen-bond donors (Lipinski definition) is 2. The van der Waals surface area contributed by atoms with Gasteiger partial charge in [0.2, 0.25) is 5.91 Å². The number of H-pyrrole nitrogens is 1. The summed E-state index contributed by atoms with van der Waals surface area (Å²) in [5.74, 6) is -0.672. The number of aromatic amines is 1. The predicted molar refractivity (Wildman–Crippen MR) is 116 cm³/mol. The highest BCUT2D eigenvalue weighted by molar-refractivity contribution is 5.93. The Balaban J connectivity index is 1.71. The van der Waals surface area contributed by atoms with E-state index in [1.165, 1.54) is 30.5 Å². The van der Waals surface area contributed by atoms with E-state index >= 15 is 0 Å². The molecule has 33 heavy (non-hydrogen) atoms. The molecule has 0 unspecified atom stereocenters. The summed E-state index contributed by atoms with van der Waals surface area (Å²) in [4.78, 5) is 14.4. The lowest BCUT2D eigenvalue weighted by molar-refractivity contribution is -0.137. The normalized spacial score (nSPS) is 11.6. The zero-order valence-electron chi connectivity index (χ0n) is 18.2. The molecule has 10 heteroatoms. The van der Waals surface area contributed by atoms with Crippen LogP contribution < -0.4 is 10.1 Å². The van der Waals surface area contributed by atoms with Crippen LogP contribution in [-0.4, -0.2) is 48.3 Å². The smallest absolute Gasteiger partial charge is 0.416 e. The third-order valence-electron chi connectivity index (χ3n) is 4.87. The molecule has 6 nitrogen and oxygen atoms in total. The van der Waals surface area contributed by atoms with Crippen molar-refractivity contribution in [2.75, 3.05) is 32.6 Å². The van der Waals surface area contributed by atoms with Crippen molar-refractivity contribution in [1.82, 2.24) is 15.1 Å². The Morgan fingerprint density at radius 1 is 1.18 bits per heavy atom. The summed E-state index contributed by atoms with van der Waals surface area (Å²) < 4.78 is 58.6. The van der Waals surface area contributed by atoms with Crippen LogP contribution in [0.4, 0.5) is 23.2 Å². The van der Waals surface area contributed by atoms with Gasteiger partial charge in [-0.2, -0.15) is 18.3 Å². The van der Waals surface area contributed by atoms with E-state index in [-0.39, 0.29) is 24.1 Å². The van der Waals surface area contributed by atoms with E-state index in [9.17, 15) is 22.4 Å².